The standard InChI is InChI=1S/C26H17I/c27-26-23-14-8-7-13-21(23)22-16-15-20(18-9-3-1-4-10-18)17-24(22)25(26)19-11-5-2-6-12-19/h1-17H. The molecule has 5 aromatic carbocycles. The lowest BCUT2D eigenvalue weighted by molar-refractivity contribution is 1.62. The van der Waals surface area contributed by atoms with Crippen LogP contribution in [0, 0.1) is 3.57 Å². The monoisotopic (exact) mass is 456 g/mol. The van der Waals surface area contributed by atoms with E-state index < -0.39 is 0 Å². The molecule has 5 rings (SSSR count). The van der Waals surface area contributed by atoms with E-state index in [2.05, 4.69) is 126 Å². The zero-order chi connectivity index (χ0) is 18.2. The Morgan fingerprint density at radius 2 is 0.963 bits per heavy atom. The van der Waals surface area contributed by atoms with Crippen molar-refractivity contribution in [3.05, 3.63) is 107 Å². The lowest BCUT2D eigenvalue weighted by Crippen LogP contribution is -1.90. The molecular formula is C26H17I. The van der Waals surface area contributed by atoms with Crippen molar-refractivity contribution in [3.8, 4) is 22.3 Å². The third-order valence-electron chi connectivity index (χ3n) is 5.13. The van der Waals surface area contributed by atoms with E-state index in [0.717, 1.165) is 0 Å². The van der Waals surface area contributed by atoms with Crippen LogP contribution in [0.15, 0.2) is 103 Å². The molecule has 0 nitrogen and oxygen atoms in total. The highest BCUT2D eigenvalue weighted by molar-refractivity contribution is 14.1. The summed E-state index contributed by atoms with van der Waals surface area (Å²) in [6.45, 7) is 0. The minimum absolute atomic E-state index is 1.25. The molecule has 0 spiro atoms. The molecule has 27 heavy (non-hydrogen) atoms. The third-order valence-corrected chi connectivity index (χ3v) is 6.25. The summed E-state index contributed by atoms with van der Waals surface area (Å²) < 4.78 is 1.31. The smallest absolute Gasteiger partial charge is 0.0293 e. The fourth-order valence-corrected chi connectivity index (χ4v) is 4.92. The van der Waals surface area contributed by atoms with E-state index in [-0.39, 0.29) is 0 Å². The van der Waals surface area contributed by atoms with Gasteiger partial charge in [-0.1, -0.05) is 97.1 Å². The Morgan fingerprint density at radius 1 is 0.407 bits per heavy atom. The van der Waals surface area contributed by atoms with Crippen molar-refractivity contribution < 1.29 is 0 Å². The van der Waals surface area contributed by atoms with Crippen LogP contribution in [0.2, 0.25) is 0 Å². The molecule has 0 aromatic heterocycles. The summed E-state index contributed by atoms with van der Waals surface area (Å²) in [7, 11) is 0. The van der Waals surface area contributed by atoms with Crippen molar-refractivity contribution >= 4 is 44.1 Å². The number of hydrogen-bond donors (Lipinski definition) is 0. The Balaban J connectivity index is 1.93. The van der Waals surface area contributed by atoms with Gasteiger partial charge in [0.1, 0.15) is 0 Å². The van der Waals surface area contributed by atoms with Gasteiger partial charge in [0.05, 0.1) is 0 Å². The predicted octanol–water partition coefficient (Wildman–Crippen LogP) is 7.93. The summed E-state index contributed by atoms with van der Waals surface area (Å²) in [4.78, 5) is 0. The lowest BCUT2D eigenvalue weighted by atomic mass is 9.91. The molecule has 0 heterocycles. The quantitative estimate of drug-likeness (QED) is 0.187. The van der Waals surface area contributed by atoms with Gasteiger partial charge in [-0.15, -0.1) is 0 Å². The third kappa shape index (κ3) is 2.83. The Morgan fingerprint density at radius 3 is 1.67 bits per heavy atom. The molecule has 5 aromatic rings. The van der Waals surface area contributed by atoms with Gasteiger partial charge < -0.3 is 0 Å². The van der Waals surface area contributed by atoms with Crippen LogP contribution in [0.5, 0.6) is 0 Å². The van der Waals surface area contributed by atoms with E-state index in [1.807, 2.05) is 0 Å². The molecule has 0 saturated carbocycles. The molecule has 0 aliphatic carbocycles. The molecule has 0 aliphatic heterocycles. The van der Waals surface area contributed by atoms with Gasteiger partial charge in [0.15, 0.2) is 0 Å². The molecule has 0 N–H and O–H groups in total. The molecule has 1 heteroatoms. The van der Waals surface area contributed by atoms with Gasteiger partial charge in [-0.2, -0.15) is 0 Å². The Bertz CT molecular complexity index is 1260. The van der Waals surface area contributed by atoms with E-state index in [4.69, 9.17) is 0 Å². The first-order chi connectivity index (χ1) is 13.3. The van der Waals surface area contributed by atoms with Crippen molar-refractivity contribution in [2.45, 2.75) is 0 Å². The first kappa shape index (κ1) is 16.5. The SMILES string of the molecule is Ic1c(-c2ccccc2)c2cc(-c3ccccc3)ccc2c2ccccc12. The average Bonchev–Trinajstić information content (AvgIpc) is 2.75. The number of fused-ring (bicyclic) bond motifs is 3. The maximum Gasteiger partial charge on any atom is 0.0293 e. The molecule has 0 saturated heterocycles. The maximum absolute atomic E-state index is 2.52. The van der Waals surface area contributed by atoms with Crippen molar-refractivity contribution in [3.63, 3.8) is 0 Å². The Kier molecular flexibility index (Phi) is 4.17. The average molecular weight is 456 g/mol. The van der Waals surface area contributed by atoms with Gasteiger partial charge in [-0.3, -0.25) is 0 Å². The van der Waals surface area contributed by atoms with Crippen LogP contribution >= 0.6 is 22.6 Å². The highest BCUT2D eigenvalue weighted by atomic mass is 127. The van der Waals surface area contributed by atoms with Crippen LogP contribution in [0.25, 0.3) is 43.8 Å². The van der Waals surface area contributed by atoms with Gasteiger partial charge in [-0.05, 0) is 66.9 Å². The summed E-state index contributed by atoms with van der Waals surface area (Å²) in [5, 5.41) is 5.25. The van der Waals surface area contributed by atoms with E-state index in [1.165, 1.54) is 47.4 Å². The summed E-state index contributed by atoms with van der Waals surface area (Å²) in [6, 6.07) is 36.9. The molecular weight excluding hydrogens is 439 g/mol. The minimum atomic E-state index is 1.25. The van der Waals surface area contributed by atoms with E-state index in [0.29, 0.717) is 0 Å². The first-order valence-corrected chi connectivity index (χ1v) is 10.2. The van der Waals surface area contributed by atoms with Crippen molar-refractivity contribution in [1.82, 2.24) is 0 Å². The molecule has 0 aliphatic rings. The zero-order valence-electron chi connectivity index (χ0n) is 14.7. The van der Waals surface area contributed by atoms with Gasteiger partial charge >= 0.3 is 0 Å². The van der Waals surface area contributed by atoms with Crippen LogP contribution in [0.4, 0.5) is 0 Å². The van der Waals surface area contributed by atoms with Crippen molar-refractivity contribution in [2.24, 2.45) is 0 Å². The fraction of sp³-hybridized carbons (Fsp3) is 0. The number of hydrogen-bond acceptors (Lipinski definition) is 0. The van der Waals surface area contributed by atoms with E-state index in [1.54, 1.807) is 0 Å². The summed E-state index contributed by atoms with van der Waals surface area (Å²) in [5.74, 6) is 0. The number of rotatable bonds is 2. The second kappa shape index (κ2) is 6.82. The molecule has 128 valence electrons. The van der Waals surface area contributed by atoms with E-state index in [9.17, 15) is 0 Å². The van der Waals surface area contributed by atoms with Crippen LogP contribution in [0.1, 0.15) is 0 Å². The fourth-order valence-electron chi connectivity index (χ4n) is 3.85. The maximum atomic E-state index is 2.52. The molecule has 0 unspecified atom stereocenters. The normalized spacial score (nSPS) is 11.1. The van der Waals surface area contributed by atoms with Gasteiger partial charge in [0.25, 0.3) is 0 Å². The zero-order valence-corrected chi connectivity index (χ0v) is 16.9. The van der Waals surface area contributed by atoms with Crippen LogP contribution in [-0.4, -0.2) is 0 Å². The predicted molar refractivity (Wildman–Crippen MR) is 125 cm³/mol. The molecule has 0 radical (unpaired) electrons. The van der Waals surface area contributed by atoms with Gasteiger partial charge in [-0.25, -0.2) is 0 Å². The molecule has 0 bridgehead atoms. The van der Waals surface area contributed by atoms with Crippen molar-refractivity contribution in [1.29, 1.82) is 0 Å². The number of halogens is 1. The topological polar surface area (TPSA) is 0 Å². The Labute approximate surface area is 172 Å². The summed E-state index contributed by atoms with van der Waals surface area (Å²) >= 11 is 2.52. The molecule has 0 fully saturated rings. The van der Waals surface area contributed by atoms with Crippen LogP contribution in [0.3, 0.4) is 0 Å². The van der Waals surface area contributed by atoms with Crippen LogP contribution in [-0.2, 0) is 0 Å². The Hall–Kier alpha value is -2.65. The molecule has 0 amide bonds. The minimum Gasteiger partial charge on any atom is -0.0622 e. The second-order valence-corrected chi connectivity index (χ2v) is 7.81. The highest BCUT2D eigenvalue weighted by Gasteiger charge is 2.14. The van der Waals surface area contributed by atoms with Crippen molar-refractivity contribution in [2.75, 3.05) is 0 Å². The highest BCUT2D eigenvalue weighted by Crippen LogP contribution is 2.41. The van der Waals surface area contributed by atoms with Gasteiger partial charge in [0, 0.05) is 9.13 Å². The summed E-state index contributed by atoms with van der Waals surface area (Å²) in [5.41, 5.74) is 5.10. The van der Waals surface area contributed by atoms with E-state index >= 15 is 0 Å². The lowest BCUT2D eigenvalue weighted by Gasteiger charge is -2.15. The van der Waals surface area contributed by atoms with Crippen LogP contribution < -0.4 is 0 Å². The largest absolute Gasteiger partial charge is 0.0622 e. The second-order valence-electron chi connectivity index (χ2n) is 6.73. The molecule has 0 atom stereocenters. The first-order valence-electron chi connectivity index (χ1n) is 9.08. The number of benzene rings is 5. The van der Waals surface area contributed by atoms with Gasteiger partial charge in [0.2, 0.25) is 0 Å². The summed E-state index contributed by atoms with van der Waals surface area (Å²) in [6.07, 6.45) is 0.